The van der Waals surface area contributed by atoms with Gasteiger partial charge < -0.3 is 10.2 Å². The predicted octanol–water partition coefficient (Wildman–Crippen LogP) is 6.32. The van der Waals surface area contributed by atoms with E-state index in [0.29, 0.717) is 34.3 Å². The normalized spacial score (nSPS) is 12.0. The Kier molecular flexibility index (Phi) is 12.3. The van der Waals surface area contributed by atoms with Gasteiger partial charge in [-0.15, -0.1) is 0 Å². The summed E-state index contributed by atoms with van der Waals surface area (Å²) in [4.78, 5) is 29.0. The lowest BCUT2D eigenvalue weighted by Crippen LogP contribution is -2.50. The standard InChI is InChI=1S/C32H39Cl2N3O4S/c1-5-18-35-32(39)30(21-25-11-7-6-8-12-25)36(22-27-28(33)13-9-14-29(27)34)31(38)15-10-19-37(42(4,40)41)26-17-16-23(2)24(3)20-26/h6-9,11-14,16-17,20,30H,5,10,15,18-19,21-22H2,1-4H3,(H,35,39). The third kappa shape index (κ3) is 9.21. The van der Waals surface area contributed by atoms with Crippen molar-refractivity contribution in [2.45, 2.75) is 59.0 Å². The monoisotopic (exact) mass is 631 g/mol. The Morgan fingerprint density at radius 2 is 1.60 bits per heavy atom. The lowest BCUT2D eigenvalue weighted by atomic mass is 10.0. The van der Waals surface area contributed by atoms with Crippen LogP contribution in [-0.2, 0) is 32.6 Å². The minimum absolute atomic E-state index is 0.0191. The molecular formula is C32H39Cl2N3O4S. The van der Waals surface area contributed by atoms with Gasteiger partial charge in [0.15, 0.2) is 0 Å². The molecule has 3 aromatic carbocycles. The zero-order valence-corrected chi connectivity index (χ0v) is 26.9. The number of carbonyl (C=O) groups is 2. The minimum Gasteiger partial charge on any atom is -0.354 e. The molecule has 3 rings (SSSR count). The lowest BCUT2D eigenvalue weighted by Gasteiger charge is -2.32. The average molecular weight is 633 g/mol. The number of anilines is 1. The van der Waals surface area contributed by atoms with Gasteiger partial charge in [-0.3, -0.25) is 13.9 Å². The highest BCUT2D eigenvalue weighted by Crippen LogP contribution is 2.28. The van der Waals surface area contributed by atoms with Gasteiger partial charge in [-0.1, -0.05) is 72.6 Å². The molecule has 1 N–H and O–H groups in total. The van der Waals surface area contributed by atoms with E-state index in [-0.39, 0.29) is 37.7 Å². The predicted molar refractivity (Wildman–Crippen MR) is 172 cm³/mol. The summed E-state index contributed by atoms with van der Waals surface area (Å²) in [6, 6.07) is 19.3. The van der Waals surface area contributed by atoms with Crippen LogP contribution in [0.25, 0.3) is 0 Å². The van der Waals surface area contributed by atoms with Crippen LogP contribution in [0.2, 0.25) is 10.0 Å². The summed E-state index contributed by atoms with van der Waals surface area (Å²) in [6.45, 7) is 6.46. The number of hydrogen-bond donors (Lipinski definition) is 1. The number of rotatable bonds is 14. The van der Waals surface area contributed by atoms with Gasteiger partial charge in [0.1, 0.15) is 6.04 Å². The molecule has 0 heterocycles. The van der Waals surface area contributed by atoms with Crippen molar-refractivity contribution in [1.82, 2.24) is 10.2 Å². The molecule has 0 saturated heterocycles. The molecule has 1 unspecified atom stereocenters. The number of sulfonamides is 1. The highest BCUT2D eigenvalue weighted by molar-refractivity contribution is 7.92. The molecule has 1 atom stereocenters. The van der Waals surface area contributed by atoms with Crippen molar-refractivity contribution in [1.29, 1.82) is 0 Å². The largest absolute Gasteiger partial charge is 0.354 e. The van der Waals surface area contributed by atoms with Gasteiger partial charge in [0.25, 0.3) is 0 Å². The van der Waals surface area contributed by atoms with E-state index < -0.39 is 16.1 Å². The first-order valence-electron chi connectivity index (χ1n) is 14.0. The second kappa shape index (κ2) is 15.4. The van der Waals surface area contributed by atoms with Crippen molar-refractivity contribution < 1.29 is 18.0 Å². The SMILES string of the molecule is CCCNC(=O)C(Cc1ccccc1)N(Cc1c(Cl)cccc1Cl)C(=O)CCCN(c1ccc(C)c(C)c1)S(C)(=O)=O. The zero-order chi connectivity index (χ0) is 30.9. The molecule has 42 heavy (non-hydrogen) atoms. The molecule has 0 aliphatic carbocycles. The first kappa shape index (κ1) is 33.4. The van der Waals surface area contributed by atoms with E-state index in [0.717, 1.165) is 29.4 Å². The second-order valence-electron chi connectivity index (χ2n) is 10.4. The van der Waals surface area contributed by atoms with E-state index in [4.69, 9.17) is 23.2 Å². The first-order valence-corrected chi connectivity index (χ1v) is 16.6. The summed E-state index contributed by atoms with van der Waals surface area (Å²) in [5.41, 5.74) is 4.02. The zero-order valence-electron chi connectivity index (χ0n) is 24.6. The number of amides is 2. The third-order valence-corrected chi connectivity index (χ3v) is 9.04. The van der Waals surface area contributed by atoms with Crippen LogP contribution in [0.1, 0.15) is 48.4 Å². The Morgan fingerprint density at radius 1 is 0.929 bits per heavy atom. The summed E-state index contributed by atoms with van der Waals surface area (Å²) in [5.74, 6) is -0.572. The number of nitrogens with zero attached hydrogens (tertiary/aromatic N) is 2. The second-order valence-corrected chi connectivity index (χ2v) is 13.1. The fourth-order valence-electron chi connectivity index (χ4n) is 4.66. The van der Waals surface area contributed by atoms with Crippen molar-refractivity contribution in [3.05, 3.63) is 99.0 Å². The van der Waals surface area contributed by atoms with Gasteiger partial charge in [-0.2, -0.15) is 0 Å². The quantitative estimate of drug-likeness (QED) is 0.225. The maximum Gasteiger partial charge on any atom is 0.243 e. The van der Waals surface area contributed by atoms with Gasteiger partial charge >= 0.3 is 0 Å². The van der Waals surface area contributed by atoms with E-state index in [1.807, 2.05) is 63.2 Å². The van der Waals surface area contributed by atoms with Crippen LogP contribution in [0.5, 0.6) is 0 Å². The molecule has 0 radical (unpaired) electrons. The molecule has 3 aromatic rings. The van der Waals surface area contributed by atoms with Gasteiger partial charge in [0.2, 0.25) is 21.8 Å². The summed E-state index contributed by atoms with van der Waals surface area (Å²) < 4.78 is 26.7. The van der Waals surface area contributed by atoms with Crippen LogP contribution in [0.15, 0.2) is 66.7 Å². The van der Waals surface area contributed by atoms with Crippen LogP contribution in [0.3, 0.4) is 0 Å². The fourth-order valence-corrected chi connectivity index (χ4v) is 6.13. The Hall–Kier alpha value is -3.07. The Labute approximate surface area is 259 Å². The molecular weight excluding hydrogens is 593 g/mol. The molecule has 226 valence electrons. The molecule has 0 aliphatic rings. The van der Waals surface area contributed by atoms with Crippen LogP contribution in [-0.4, -0.2) is 50.5 Å². The maximum absolute atomic E-state index is 13.9. The summed E-state index contributed by atoms with van der Waals surface area (Å²) in [6.07, 6.45) is 2.46. The van der Waals surface area contributed by atoms with E-state index in [1.165, 1.54) is 9.21 Å². The van der Waals surface area contributed by atoms with E-state index >= 15 is 0 Å². The molecule has 0 saturated carbocycles. The van der Waals surface area contributed by atoms with Gasteiger partial charge in [-0.25, -0.2) is 8.42 Å². The Bertz CT molecular complexity index is 1460. The fraction of sp³-hybridized carbons (Fsp3) is 0.375. The lowest BCUT2D eigenvalue weighted by molar-refractivity contribution is -0.141. The first-order chi connectivity index (χ1) is 19.9. The van der Waals surface area contributed by atoms with Crippen molar-refractivity contribution in [2.75, 3.05) is 23.7 Å². The van der Waals surface area contributed by atoms with Gasteiger partial charge in [0, 0.05) is 48.1 Å². The molecule has 2 amide bonds. The van der Waals surface area contributed by atoms with E-state index in [2.05, 4.69) is 5.32 Å². The summed E-state index contributed by atoms with van der Waals surface area (Å²) in [5, 5.41) is 3.73. The highest BCUT2D eigenvalue weighted by Gasteiger charge is 2.31. The third-order valence-electron chi connectivity index (χ3n) is 7.14. The molecule has 0 fully saturated rings. The van der Waals surface area contributed by atoms with Crippen LogP contribution < -0.4 is 9.62 Å². The molecule has 0 bridgehead atoms. The van der Waals surface area contributed by atoms with E-state index in [1.54, 1.807) is 24.3 Å². The highest BCUT2D eigenvalue weighted by atomic mass is 35.5. The number of aryl methyl sites for hydroxylation is 2. The van der Waals surface area contributed by atoms with Crippen molar-refractivity contribution >= 4 is 50.7 Å². The van der Waals surface area contributed by atoms with Gasteiger partial charge in [-0.05, 0) is 67.6 Å². The molecule has 0 aliphatic heterocycles. The number of halogens is 2. The maximum atomic E-state index is 13.9. The molecule has 7 nitrogen and oxygen atoms in total. The van der Waals surface area contributed by atoms with Crippen LogP contribution >= 0.6 is 23.2 Å². The van der Waals surface area contributed by atoms with Crippen LogP contribution in [0.4, 0.5) is 5.69 Å². The van der Waals surface area contributed by atoms with E-state index in [9.17, 15) is 18.0 Å². The van der Waals surface area contributed by atoms with Crippen molar-refractivity contribution in [3.8, 4) is 0 Å². The summed E-state index contributed by atoms with van der Waals surface area (Å²) in [7, 11) is -3.60. The van der Waals surface area contributed by atoms with Crippen LogP contribution in [0, 0.1) is 13.8 Å². The molecule has 0 aromatic heterocycles. The number of carbonyl (C=O) groups excluding carboxylic acids is 2. The molecule has 10 heteroatoms. The number of hydrogen-bond acceptors (Lipinski definition) is 4. The van der Waals surface area contributed by atoms with Gasteiger partial charge in [0.05, 0.1) is 11.9 Å². The Balaban J connectivity index is 1.92. The minimum atomic E-state index is -3.60. The van der Waals surface area contributed by atoms with Crippen molar-refractivity contribution in [2.24, 2.45) is 0 Å². The molecule has 0 spiro atoms. The Morgan fingerprint density at radius 3 is 2.19 bits per heavy atom. The number of benzene rings is 3. The topological polar surface area (TPSA) is 86.8 Å². The average Bonchev–Trinajstić information content (AvgIpc) is 2.94. The summed E-state index contributed by atoms with van der Waals surface area (Å²) >= 11 is 13.0. The number of nitrogens with one attached hydrogen (secondary N) is 1. The van der Waals surface area contributed by atoms with Crippen molar-refractivity contribution in [3.63, 3.8) is 0 Å². The smallest absolute Gasteiger partial charge is 0.243 e.